The highest BCUT2D eigenvalue weighted by atomic mass is 35.5. The molecule has 0 saturated carbocycles. The molecule has 7 nitrogen and oxygen atoms in total. The van der Waals surface area contributed by atoms with Crippen molar-refractivity contribution in [2.24, 2.45) is 0 Å². The van der Waals surface area contributed by atoms with Gasteiger partial charge < -0.3 is 14.9 Å². The third-order valence-electron chi connectivity index (χ3n) is 5.34. The molecule has 1 fully saturated rings. The van der Waals surface area contributed by atoms with E-state index in [1.165, 1.54) is 0 Å². The molecule has 3 rings (SSSR count). The number of benzene rings is 2. The highest BCUT2D eigenvalue weighted by Crippen LogP contribution is 2.19. The molecule has 30 heavy (non-hydrogen) atoms. The van der Waals surface area contributed by atoms with Gasteiger partial charge in [-0.1, -0.05) is 35.9 Å². The summed E-state index contributed by atoms with van der Waals surface area (Å²) >= 11 is 6.07. The van der Waals surface area contributed by atoms with Crippen molar-refractivity contribution < 1.29 is 14.7 Å². The first-order valence-electron chi connectivity index (χ1n) is 9.73. The maximum atomic E-state index is 13.5. The highest BCUT2D eigenvalue weighted by Gasteiger charge is 2.36. The minimum Gasteiger partial charge on any atom is -0.508 e. The van der Waals surface area contributed by atoms with Crippen LogP contribution in [0.4, 0.5) is 0 Å². The lowest BCUT2D eigenvalue weighted by Crippen LogP contribution is -2.62. The summed E-state index contributed by atoms with van der Waals surface area (Å²) in [6.45, 7) is 0.936. The molecule has 2 aromatic rings. The Morgan fingerprint density at radius 2 is 1.83 bits per heavy atom. The Balaban J connectivity index is 1.84. The van der Waals surface area contributed by atoms with E-state index in [0.717, 1.165) is 11.1 Å². The van der Waals surface area contributed by atoms with E-state index in [0.29, 0.717) is 24.7 Å². The molecule has 1 atom stereocenters. The SMILES string of the molecule is CN(Cc1cccc(Cl)c1)C(=O)C(Cc1ccc(O)cc1)N1CN(C)N(C)CC1=O. The molecule has 160 valence electrons. The van der Waals surface area contributed by atoms with Gasteiger partial charge in [0.2, 0.25) is 11.8 Å². The quantitative estimate of drug-likeness (QED) is 0.761. The monoisotopic (exact) mass is 430 g/mol. The van der Waals surface area contributed by atoms with Crippen LogP contribution in [-0.2, 0) is 22.6 Å². The molecule has 8 heteroatoms. The van der Waals surface area contributed by atoms with Crippen molar-refractivity contribution in [3.8, 4) is 5.75 Å². The van der Waals surface area contributed by atoms with Crippen molar-refractivity contribution in [3.63, 3.8) is 0 Å². The van der Waals surface area contributed by atoms with Crippen LogP contribution >= 0.6 is 11.6 Å². The number of hydrazine groups is 1. The van der Waals surface area contributed by atoms with E-state index >= 15 is 0 Å². The number of halogens is 1. The molecule has 1 N–H and O–H groups in total. The largest absolute Gasteiger partial charge is 0.508 e. The molecule has 2 aromatic carbocycles. The van der Waals surface area contributed by atoms with Gasteiger partial charge in [0, 0.05) is 39.1 Å². The molecule has 1 heterocycles. The van der Waals surface area contributed by atoms with E-state index in [9.17, 15) is 14.7 Å². The number of rotatable bonds is 6. The molecule has 1 aliphatic rings. The van der Waals surface area contributed by atoms with Crippen LogP contribution in [0.3, 0.4) is 0 Å². The first-order chi connectivity index (χ1) is 14.2. The smallest absolute Gasteiger partial charge is 0.245 e. The van der Waals surface area contributed by atoms with Gasteiger partial charge in [0.15, 0.2) is 0 Å². The highest BCUT2D eigenvalue weighted by molar-refractivity contribution is 6.30. The van der Waals surface area contributed by atoms with Crippen LogP contribution in [0.1, 0.15) is 11.1 Å². The summed E-state index contributed by atoms with van der Waals surface area (Å²) in [4.78, 5) is 29.5. The first kappa shape index (κ1) is 22.1. The molecule has 0 aromatic heterocycles. The number of amides is 2. The topological polar surface area (TPSA) is 67.3 Å². The number of phenolic OH excluding ortho intramolecular Hbond substituents is 1. The Bertz CT molecular complexity index is 906. The zero-order valence-corrected chi connectivity index (χ0v) is 18.2. The number of hydrogen-bond acceptors (Lipinski definition) is 5. The Kier molecular flexibility index (Phi) is 6.97. The van der Waals surface area contributed by atoms with Crippen LogP contribution < -0.4 is 0 Å². The van der Waals surface area contributed by atoms with Crippen LogP contribution in [0.25, 0.3) is 0 Å². The number of likely N-dealkylation sites (N-methyl/N-ethyl adjacent to an activating group) is 2. The predicted molar refractivity (Wildman–Crippen MR) is 116 cm³/mol. The zero-order valence-electron chi connectivity index (χ0n) is 17.5. The molecule has 1 aliphatic heterocycles. The van der Waals surface area contributed by atoms with Gasteiger partial charge in [-0.25, -0.2) is 10.0 Å². The van der Waals surface area contributed by atoms with E-state index < -0.39 is 6.04 Å². The Labute approximate surface area is 182 Å². The summed E-state index contributed by atoms with van der Waals surface area (Å²) in [5.41, 5.74) is 1.79. The van der Waals surface area contributed by atoms with Crippen molar-refractivity contribution in [1.29, 1.82) is 0 Å². The zero-order chi connectivity index (χ0) is 21.8. The average Bonchev–Trinajstić information content (AvgIpc) is 2.70. The van der Waals surface area contributed by atoms with Gasteiger partial charge in [-0.2, -0.15) is 0 Å². The number of carbonyl (C=O) groups is 2. The summed E-state index contributed by atoms with van der Waals surface area (Å²) < 4.78 is 0. The van der Waals surface area contributed by atoms with Crippen molar-refractivity contribution in [1.82, 2.24) is 19.8 Å². The maximum absolute atomic E-state index is 13.5. The fourth-order valence-corrected chi connectivity index (χ4v) is 3.73. The third-order valence-corrected chi connectivity index (χ3v) is 5.57. The van der Waals surface area contributed by atoms with Crippen LogP contribution in [0, 0.1) is 0 Å². The summed E-state index contributed by atoms with van der Waals surface area (Å²) in [7, 11) is 5.46. The van der Waals surface area contributed by atoms with Crippen molar-refractivity contribution in [2.75, 3.05) is 34.4 Å². The lowest BCUT2D eigenvalue weighted by molar-refractivity contribution is -0.164. The Hall–Kier alpha value is -2.61. The predicted octanol–water partition coefficient (Wildman–Crippen LogP) is 2.19. The molecule has 0 bridgehead atoms. The maximum Gasteiger partial charge on any atom is 0.245 e. The minimum atomic E-state index is -0.651. The molecule has 1 saturated heterocycles. The minimum absolute atomic E-state index is 0.0936. The third kappa shape index (κ3) is 5.30. The standard InChI is InChI=1S/C22H27ClN4O3/c1-24(13-17-5-4-6-18(23)11-17)22(30)20(12-16-7-9-19(28)10-8-16)27-15-26(3)25(2)14-21(27)29/h4-11,20,28H,12-15H2,1-3H3. The number of hydrogen-bond donors (Lipinski definition) is 1. The normalized spacial score (nSPS) is 16.5. The van der Waals surface area contributed by atoms with E-state index in [1.807, 2.05) is 42.3 Å². The van der Waals surface area contributed by atoms with Gasteiger partial charge in [0.25, 0.3) is 0 Å². The van der Waals surface area contributed by atoms with Gasteiger partial charge in [0.05, 0.1) is 13.2 Å². The van der Waals surface area contributed by atoms with Gasteiger partial charge in [-0.3, -0.25) is 9.59 Å². The summed E-state index contributed by atoms with van der Waals surface area (Å²) in [5.74, 6) is -0.0756. The second-order valence-corrected chi connectivity index (χ2v) is 8.13. The number of aromatic hydroxyl groups is 1. The second-order valence-electron chi connectivity index (χ2n) is 7.69. The van der Waals surface area contributed by atoms with Gasteiger partial charge >= 0.3 is 0 Å². The van der Waals surface area contributed by atoms with Gasteiger partial charge in [-0.15, -0.1) is 0 Å². The van der Waals surface area contributed by atoms with E-state index in [-0.39, 0.29) is 24.1 Å². The summed E-state index contributed by atoms with van der Waals surface area (Å²) in [6, 6.07) is 13.5. The molecule has 2 amide bonds. The molecule has 0 radical (unpaired) electrons. The molecular weight excluding hydrogens is 404 g/mol. The summed E-state index contributed by atoms with van der Waals surface area (Å²) in [5, 5.41) is 13.9. The van der Waals surface area contributed by atoms with E-state index in [2.05, 4.69) is 0 Å². The summed E-state index contributed by atoms with van der Waals surface area (Å²) in [6.07, 6.45) is 0.363. The molecular formula is C22H27ClN4O3. The number of phenols is 1. The van der Waals surface area contributed by atoms with E-state index in [1.54, 1.807) is 47.2 Å². The van der Waals surface area contributed by atoms with Crippen LogP contribution in [0.2, 0.25) is 5.02 Å². The fourth-order valence-electron chi connectivity index (χ4n) is 3.51. The van der Waals surface area contributed by atoms with Crippen LogP contribution in [-0.4, -0.2) is 77.1 Å². The van der Waals surface area contributed by atoms with Crippen molar-refractivity contribution in [3.05, 3.63) is 64.7 Å². The van der Waals surface area contributed by atoms with Crippen molar-refractivity contribution in [2.45, 2.75) is 19.0 Å². The molecule has 0 aliphatic carbocycles. The number of nitrogens with zero attached hydrogens (tertiary/aromatic N) is 4. The second kappa shape index (κ2) is 9.47. The fraction of sp³-hybridized carbons (Fsp3) is 0.364. The van der Waals surface area contributed by atoms with Crippen molar-refractivity contribution >= 4 is 23.4 Å². The average molecular weight is 431 g/mol. The lowest BCUT2D eigenvalue weighted by Gasteiger charge is -2.43. The van der Waals surface area contributed by atoms with Gasteiger partial charge in [-0.05, 0) is 35.4 Å². The van der Waals surface area contributed by atoms with Crippen LogP contribution in [0.5, 0.6) is 5.75 Å². The van der Waals surface area contributed by atoms with E-state index in [4.69, 9.17) is 11.6 Å². The first-order valence-corrected chi connectivity index (χ1v) is 10.1. The van der Waals surface area contributed by atoms with Gasteiger partial charge in [0.1, 0.15) is 11.8 Å². The molecule has 1 unspecified atom stereocenters. The Morgan fingerprint density at radius 1 is 1.13 bits per heavy atom. The molecule has 0 spiro atoms. The Morgan fingerprint density at radius 3 is 2.50 bits per heavy atom. The lowest BCUT2D eigenvalue weighted by atomic mass is 10.0. The number of carbonyl (C=O) groups excluding carboxylic acids is 2. The van der Waals surface area contributed by atoms with Crippen LogP contribution in [0.15, 0.2) is 48.5 Å².